The van der Waals surface area contributed by atoms with Crippen molar-refractivity contribution in [1.29, 1.82) is 0 Å². The summed E-state index contributed by atoms with van der Waals surface area (Å²) in [5.74, 6) is 2.54. The van der Waals surface area contributed by atoms with E-state index >= 15 is 0 Å². The number of methoxy groups -OCH3 is 2. The fraction of sp³-hybridized carbons (Fsp3) is 0.185. The number of benzene rings is 3. The fourth-order valence-corrected chi connectivity index (χ4v) is 3.58. The Morgan fingerprint density at radius 3 is 2.41 bits per heavy atom. The summed E-state index contributed by atoms with van der Waals surface area (Å²) in [6.07, 6.45) is 0. The zero-order valence-corrected chi connectivity index (χ0v) is 19.5. The molecule has 0 aliphatic heterocycles. The summed E-state index contributed by atoms with van der Waals surface area (Å²) in [5, 5.41) is 6.89. The molecule has 0 bridgehead atoms. The van der Waals surface area contributed by atoms with Crippen LogP contribution in [0, 0.1) is 13.8 Å². The number of nitrogens with zero attached hydrogens (tertiary/aromatic N) is 1. The molecule has 34 heavy (non-hydrogen) atoms. The van der Waals surface area contributed by atoms with Crippen molar-refractivity contribution in [3.05, 3.63) is 89.3 Å². The van der Waals surface area contributed by atoms with E-state index in [1.165, 1.54) is 0 Å². The van der Waals surface area contributed by atoms with E-state index < -0.39 is 0 Å². The monoisotopic (exact) mass is 458 g/mol. The van der Waals surface area contributed by atoms with Crippen molar-refractivity contribution in [2.24, 2.45) is 0 Å². The van der Waals surface area contributed by atoms with Crippen LogP contribution in [-0.4, -0.2) is 25.3 Å². The quantitative estimate of drug-likeness (QED) is 0.359. The number of aromatic nitrogens is 1. The molecule has 0 unspecified atom stereocenters. The van der Waals surface area contributed by atoms with Gasteiger partial charge in [-0.25, -0.2) is 0 Å². The number of rotatable bonds is 8. The van der Waals surface area contributed by atoms with Gasteiger partial charge in [0, 0.05) is 16.8 Å². The maximum absolute atomic E-state index is 13.0. The van der Waals surface area contributed by atoms with Crippen LogP contribution in [-0.2, 0) is 6.61 Å². The van der Waals surface area contributed by atoms with E-state index in [-0.39, 0.29) is 5.91 Å². The zero-order chi connectivity index (χ0) is 24.1. The summed E-state index contributed by atoms with van der Waals surface area (Å²) in [4.78, 5) is 13.0. The first-order valence-corrected chi connectivity index (χ1v) is 10.8. The Labute approximate surface area is 198 Å². The van der Waals surface area contributed by atoms with E-state index in [0.717, 1.165) is 33.9 Å². The second kappa shape index (κ2) is 10.1. The number of hydrogen-bond acceptors (Lipinski definition) is 6. The molecule has 4 rings (SSSR count). The van der Waals surface area contributed by atoms with Crippen molar-refractivity contribution in [1.82, 2.24) is 5.16 Å². The maximum Gasteiger partial charge on any atom is 0.255 e. The van der Waals surface area contributed by atoms with Crippen molar-refractivity contribution in [2.45, 2.75) is 20.5 Å². The Balaban J connectivity index is 1.50. The standard InChI is InChI=1S/C27H26N2O5/c1-17-25(18(2)34-29-17)16-33-23-7-5-6-20(14-23)27(30)28-21-10-13-26(32-4)24(15-21)19-8-11-22(31-3)12-9-19/h5-15H,16H2,1-4H3,(H,28,30). The molecule has 1 aromatic heterocycles. The third kappa shape index (κ3) is 5.04. The van der Waals surface area contributed by atoms with Gasteiger partial charge in [0.25, 0.3) is 5.91 Å². The van der Waals surface area contributed by atoms with E-state index in [1.807, 2.05) is 62.4 Å². The molecular weight excluding hydrogens is 432 g/mol. The van der Waals surface area contributed by atoms with Gasteiger partial charge in [0.15, 0.2) is 0 Å². The van der Waals surface area contributed by atoms with Crippen molar-refractivity contribution < 1.29 is 23.5 Å². The van der Waals surface area contributed by atoms with Gasteiger partial charge in [0.05, 0.1) is 25.5 Å². The summed E-state index contributed by atoms with van der Waals surface area (Å²) in [6.45, 7) is 4.03. The highest BCUT2D eigenvalue weighted by Crippen LogP contribution is 2.33. The average molecular weight is 459 g/mol. The van der Waals surface area contributed by atoms with Gasteiger partial charge in [0.1, 0.15) is 29.6 Å². The summed E-state index contributed by atoms with van der Waals surface area (Å²) < 4.78 is 21.8. The highest BCUT2D eigenvalue weighted by atomic mass is 16.5. The first kappa shape index (κ1) is 22.9. The van der Waals surface area contributed by atoms with E-state index in [9.17, 15) is 4.79 Å². The Morgan fingerprint density at radius 1 is 0.941 bits per heavy atom. The lowest BCUT2D eigenvalue weighted by atomic mass is 10.0. The molecule has 0 fully saturated rings. The van der Waals surface area contributed by atoms with Crippen LogP contribution in [0.1, 0.15) is 27.4 Å². The molecule has 0 radical (unpaired) electrons. The summed E-state index contributed by atoms with van der Waals surface area (Å²) in [6, 6.07) is 20.2. The number of amides is 1. The lowest BCUT2D eigenvalue weighted by Gasteiger charge is -2.13. The van der Waals surface area contributed by atoms with Crippen LogP contribution in [0.15, 0.2) is 71.3 Å². The molecule has 7 heteroatoms. The number of carbonyl (C=O) groups excluding carboxylic acids is 1. The average Bonchev–Trinajstić information content (AvgIpc) is 3.19. The van der Waals surface area contributed by atoms with E-state index in [0.29, 0.717) is 29.4 Å². The first-order chi connectivity index (χ1) is 16.5. The summed E-state index contributed by atoms with van der Waals surface area (Å²) in [5.41, 5.74) is 4.64. The van der Waals surface area contributed by atoms with E-state index in [1.54, 1.807) is 32.4 Å². The first-order valence-electron chi connectivity index (χ1n) is 10.8. The number of carbonyl (C=O) groups is 1. The van der Waals surface area contributed by atoms with Gasteiger partial charge < -0.3 is 24.1 Å². The predicted molar refractivity (Wildman–Crippen MR) is 130 cm³/mol. The molecule has 3 aromatic carbocycles. The molecule has 4 aromatic rings. The Bertz CT molecular complexity index is 1280. The minimum absolute atomic E-state index is 0.242. The molecule has 0 saturated heterocycles. The second-order valence-electron chi connectivity index (χ2n) is 7.72. The number of ether oxygens (including phenoxy) is 3. The van der Waals surface area contributed by atoms with Crippen molar-refractivity contribution in [2.75, 3.05) is 19.5 Å². The van der Waals surface area contributed by atoms with Gasteiger partial charge in [-0.05, 0) is 67.9 Å². The van der Waals surface area contributed by atoms with E-state index in [2.05, 4.69) is 10.5 Å². The lowest BCUT2D eigenvalue weighted by Crippen LogP contribution is -2.12. The van der Waals surface area contributed by atoms with Gasteiger partial charge in [-0.1, -0.05) is 23.4 Å². The zero-order valence-electron chi connectivity index (χ0n) is 19.5. The van der Waals surface area contributed by atoms with Crippen LogP contribution in [0.2, 0.25) is 0 Å². The number of anilines is 1. The molecule has 0 spiro atoms. The van der Waals surface area contributed by atoms with Crippen LogP contribution in [0.4, 0.5) is 5.69 Å². The Hall–Kier alpha value is -4.26. The lowest BCUT2D eigenvalue weighted by molar-refractivity contribution is 0.102. The number of hydrogen-bond donors (Lipinski definition) is 1. The fourth-order valence-electron chi connectivity index (χ4n) is 3.58. The van der Waals surface area contributed by atoms with Crippen molar-refractivity contribution >= 4 is 11.6 Å². The van der Waals surface area contributed by atoms with Crippen molar-refractivity contribution in [3.63, 3.8) is 0 Å². The molecule has 1 heterocycles. The number of nitrogens with one attached hydrogen (secondary N) is 1. The normalized spacial score (nSPS) is 10.6. The van der Waals surface area contributed by atoms with Gasteiger partial charge in [0.2, 0.25) is 0 Å². The molecule has 0 saturated carbocycles. The molecule has 0 aliphatic rings. The Kier molecular flexibility index (Phi) is 6.82. The molecule has 7 nitrogen and oxygen atoms in total. The van der Waals surface area contributed by atoms with Crippen LogP contribution in [0.3, 0.4) is 0 Å². The maximum atomic E-state index is 13.0. The van der Waals surface area contributed by atoms with Crippen LogP contribution in [0.25, 0.3) is 11.1 Å². The minimum Gasteiger partial charge on any atom is -0.497 e. The highest BCUT2D eigenvalue weighted by molar-refractivity contribution is 6.04. The molecule has 0 aliphatic carbocycles. The minimum atomic E-state index is -0.242. The summed E-state index contributed by atoms with van der Waals surface area (Å²) in [7, 11) is 3.25. The molecule has 1 amide bonds. The van der Waals surface area contributed by atoms with Gasteiger partial charge in [-0.3, -0.25) is 4.79 Å². The predicted octanol–water partition coefficient (Wildman–Crippen LogP) is 5.81. The Morgan fingerprint density at radius 2 is 1.74 bits per heavy atom. The van der Waals surface area contributed by atoms with Gasteiger partial charge >= 0.3 is 0 Å². The molecule has 0 atom stereocenters. The third-order valence-electron chi connectivity index (χ3n) is 5.52. The molecular formula is C27H26N2O5. The van der Waals surface area contributed by atoms with Crippen molar-refractivity contribution in [3.8, 4) is 28.4 Å². The van der Waals surface area contributed by atoms with Gasteiger partial charge in [-0.2, -0.15) is 0 Å². The summed E-state index contributed by atoms with van der Waals surface area (Å²) >= 11 is 0. The SMILES string of the molecule is COc1ccc(-c2cc(NC(=O)c3cccc(OCc4c(C)noc4C)c3)ccc2OC)cc1. The molecule has 1 N–H and O–H groups in total. The van der Waals surface area contributed by atoms with Crippen LogP contribution < -0.4 is 19.5 Å². The number of aryl methyl sites for hydroxylation is 2. The van der Waals surface area contributed by atoms with Crippen LogP contribution >= 0.6 is 0 Å². The molecule has 174 valence electrons. The van der Waals surface area contributed by atoms with Crippen LogP contribution in [0.5, 0.6) is 17.2 Å². The highest BCUT2D eigenvalue weighted by Gasteiger charge is 2.13. The third-order valence-corrected chi connectivity index (χ3v) is 5.52. The van der Waals surface area contributed by atoms with E-state index in [4.69, 9.17) is 18.7 Å². The topological polar surface area (TPSA) is 82.8 Å². The largest absolute Gasteiger partial charge is 0.497 e. The van der Waals surface area contributed by atoms with Gasteiger partial charge in [-0.15, -0.1) is 0 Å². The smallest absolute Gasteiger partial charge is 0.255 e. The second-order valence-corrected chi connectivity index (χ2v) is 7.72.